The number of carbonyl (C=O) groups excluding carboxylic acids is 1. The summed E-state index contributed by atoms with van der Waals surface area (Å²) < 4.78 is 26.1. The molecule has 1 amide bonds. The van der Waals surface area contributed by atoms with Crippen molar-refractivity contribution in [3.8, 4) is 0 Å². The maximum Gasteiger partial charge on any atom is 0.251 e. The Morgan fingerprint density at radius 2 is 1.69 bits per heavy atom. The van der Waals surface area contributed by atoms with Crippen molar-refractivity contribution in [2.24, 2.45) is 0 Å². The van der Waals surface area contributed by atoms with Crippen LogP contribution in [0.3, 0.4) is 0 Å². The topological polar surface area (TPSA) is 63.2 Å². The van der Waals surface area contributed by atoms with E-state index in [0.29, 0.717) is 15.5 Å². The molecule has 0 bridgehead atoms. The fourth-order valence-corrected chi connectivity index (χ4v) is 5.43. The Balaban J connectivity index is 1.84. The summed E-state index contributed by atoms with van der Waals surface area (Å²) in [6, 6.07) is 18.3. The molecule has 0 saturated heterocycles. The Kier molecular flexibility index (Phi) is 5.76. The molecular formula is C19H16ClNO3S2. The highest BCUT2D eigenvalue weighted by molar-refractivity contribution is 7.91. The van der Waals surface area contributed by atoms with Crippen LogP contribution in [0.1, 0.15) is 20.5 Å². The smallest absolute Gasteiger partial charge is 0.251 e. The van der Waals surface area contributed by atoms with Gasteiger partial charge in [-0.05, 0) is 47.8 Å². The van der Waals surface area contributed by atoms with Crippen LogP contribution < -0.4 is 5.32 Å². The number of nitrogens with one attached hydrogen (secondary N) is 1. The Morgan fingerprint density at radius 1 is 1.00 bits per heavy atom. The molecule has 3 aromatic rings. The third-order valence-corrected chi connectivity index (χ3v) is 7.35. The average molecular weight is 406 g/mol. The van der Waals surface area contributed by atoms with Gasteiger partial charge in [-0.3, -0.25) is 4.79 Å². The molecule has 2 aromatic carbocycles. The Morgan fingerprint density at radius 3 is 2.31 bits per heavy atom. The second-order valence-electron chi connectivity index (χ2n) is 5.58. The first-order valence-electron chi connectivity index (χ1n) is 7.84. The van der Waals surface area contributed by atoms with E-state index in [0.717, 1.165) is 0 Å². The maximum absolute atomic E-state index is 13.1. The molecule has 134 valence electrons. The molecule has 1 N–H and O–H groups in total. The van der Waals surface area contributed by atoms with E-state index in [4.69, 9.17) is 11.6 Å². The lowest BCUT2D eigenvalue weighted by Gasteiger charge is -2.17. The third kappa shape index (κ3) is 4.15. The fraction of sp³-hybridized carbons (Fsp3) is 0.105. The van der Waals surface area contributed by atoms with E-state index < -0.39 is 15.1 Å². The molecule has 7 heteroatoms. The van der Waals surface area contributed by atoms with Gasteiger partial charge in [-0.2, -0.15) is 0 Å². The van der Waals surface area contributed by atoms with Gasteiger partial charge in [-0.25, -0.2) is 8.42 Å². The van der Waals surface area contributed by atoms with Gasteiger partial charge in [0.05, 0.1) is 4.90 Å². The zero-order valence-electron chi connectivity index (χ0n) is 13.6. The minimum absolute atomic E-state index is 0.0147. The standard InChI is InChI=1S/C19H16ClNO3S2/c20-15-10-8-14(9-11-15)19(22)21-13-18(17-7-4-12-25-17)26(23,24)16-5-2-1-3-6-16/h1-12,18H,13H2,(H,21,22)/t18-/m1/s1. The van der Waals surface area contributed by atoms with Gasteiger partial charge in [0.25, 0.3) is 5.91 Å². The van der Waals surface area contributed by atoms with E-state index in [1.165, 1.54) is 11.3 Å². The first-order valence-corrected chi connectivity index (χ1v) is 10.6. The van der Waals surface area contributed by atoms with E-state index in [1.54, 1.807) is 66.7 Å². The van der Waals surface area contributed by atoms with Crippen LogP contribution in [0.5, 0.6) is 0 Å². The van der Waals surface area contributed by atoms with Gasteiger partial charge in [0.2, 0.25) is 0 Å². The van der Waals surface area contributed by atoms with Gasteiger partial charge in [0, 0.05) is 22.0 Å². The number of thiophene rings is 1. The highest BCUT2D eigenvalue weighted by Crippen LogP contribution is 2.31. The van der Waals surface area contributed by atoms with E-state index in [2.05, 4.69) is 5.32 Å². The molecule has 0 aliphatic rings. The van der Waals surface area contributed by atoms with Gasteiger partial charge >= 0.3 is 0 Å². The maximum atomic E-state index is 13.1. The zero-order valence-corrected chi connectivity index (χ0v) is 16.0. The van der Waals surface area contributed by atoms with Crippen LogP contribution >= 0.6 is 22.9 Å². The highest BCUT2D eigenvalue weighted by atomic mass is 35.5. The molecule has 0 unspecified atom stereocenters. The normalized spacial score (nSPS) is 12.5. The van der Waals surface area contributed by atoms with E-state index in [1.807, 2.05) is 5.38 Å². The van der Waals surface area contributed by atoms with Gasteiger partial charge in [-0.1, -0.05) is 35.9 Å². The lowest BCUT2D eigenvalue weighted by Crippen LogP contribution is -2.31. The molecule has 0 aliphatic heterocycles. The first-order chi connectivity index (χ1) is 12.5. The van der Waals surface area contributed by atoms with Crippen molar-refractivity contribution in [1.82, 2.24) is 5.32 Å². The van der Waals surface area contributed by atoms with Crippen molar-refractivity contribution in [3.05, 3.63) is 87.6 Å². The van der Waals surface area contributed by atoms with Crippen LogP contribution in [0.15, 0.2) is 77.0 Å². The van der Waals surface area contributed by atoms with Crippen molar-refractivity contribution < 1.29 is 13.2 Å². The summed E-state index contributed by atoms with van der Waals surface area (Å²) >= 11 is 7.18. The molecule has 0 spiro atoms. The molecule has 0 fully saturated rings. The number of benzene rings is 2. The van der Waals surface area contributed by atoms with Crippen LogP contribution in [-0.2, 0) is 9.84 Å². The molecule has 0 saturated carbocycles. The number of amides is 1. The van der Waals surface area contributed by atoms with Crippen molar-refractivity contribution in [2.45, 2.75) is 10.1 Å². The minimum atomic E-state index is -3.63. The fourth-order valence-electron chi connectivity index (χ4n) is 2.50. The predicted molar refractivity (Wildman–Crippen MR) is 104 cm³/mol. The summed E-state index contributed by atoms with van der Waals surface area (Å²) in [7, 11) is -3.63. The SMILES string of the molecule is O=C(NC[C@H](c1cccs1)S(=O)(=O)c1ccccc1)c1ccc(Cl)cc1. The number of halogens is 1. The van der Waals surface area contributed by atoms with E-state index in [9.17, 15) is 13.2 Å². The van der Waals surface area contributed by atoms with Gasteiger partial charge in [0.1, 0.15) is 5.25 Å². The lowest BCUT2D eigenvalue weighted by molar-refractivity contribution is 0.0954. The minimum Gasteiger partial charge on any atom is -0.350 e. The van der Waals surface area contributed by atoms with Crippen molar-refractivity contribution in [1.29, 1.82) is 0 Å². The Labute approximate surface area is 161 Å². The molecule has 1 heterocycles. The summed E-state index contributed by atoms with van der Waals surface area (Å²) in [6.45, 7) is -0.0147. The second-order valence-corrected chi connectivity index (χ2v) is 9.13. The number of rotatable bonds is 6. The van der Waals surface area contributed by atoms with E-state index in [-0.39, 0.29) is 17.3 Å². The molecule has 1 atom stereocenters. The molecule has 0 radical (unpaired) electrons. The van der Waals surface area contributed by atoms with Crippen LogP contribution in [-0.4, -0.2) is 20.9 Å². The van der Waals surface area contributed by atoms with Gasteiger partial charge in [-0.15, -0.1) is 11.3 Å². The lowest BCUT2D eigenvalue weighted by atomic mass is 10.2. The zero-order chi connectivity index (χ0) is 18.6. The number of carbonyl (C=O) groups is 1. The molecule has 26 heavy (non-hydrogen) atoms. The summed E-state index contributed by atoms with van der Waals surface area (Å²) in [6.07, 6.45) is 0. The molecule has 0 aliphatic carbocycles. The predicted octanol–water partition coefficient (Wildman–Crippen LogP) is 4.35. The summed E-state index contributed by atoms with van der Waals surface area (Å²) in [5.41, 5.74) is 0.427. The number of hydrogen-bond donors (Lipinski definition) is 1. The Hall–Kier alpha value is -2.15. The third-order valence-electron chi connectivity index (χ3n) is 3.86. The first kappa shape index (κ1) is 18.6. The number of hydrogen-bond acceptors (Lipinski definition) is 4. The van der Waals surface area contributed by atoms with Crippen molar-refractivity contribution in [3.63, 3.8) is 0 Å². The molecule has 3 rings (SSSR count). The van der Waals surface area contributed by atoms with Crippen molar-refractivity contribution >= 4 is 38.7 Å². The van der Waals surface area contributed by atoms with Crippen LogP contribution in [0.4, 0.5) is 0 Å². The molecule has 1 aromatic heterocycles. The quantitative estimate of drug-likeness (QED) is 0.663. The van der Waals surface area contributed by atoms with Crippen molar-refractivity contribution in [2.75, 3.05) is 6.54 Å². The largest absolute Gasteiger partial charge is 0.350 e. The summed E-state index contributed by atoms with van der Waals surface area (Å²) in [5.74, 6) is -0.341. The highest BCUT2D eigenvalue weighted by Gasteiger charge is 2.30. The molecule has 4 nitrogen and oxygen atoms in total. The van der Waals surface area contributed by atoms with Gasteiger partial charge < -0.3 is 5.32 Å². The Bertz CT molecular complexity index is 969. The van der Waals surface area contributed by atoms with Crippen LogP contribution in [0, 0.1) is 0 Å². The monoisotopic (exact) mass is 405 g/mol. The average Bonchev–Trinajstić information content (AvgIpc) is 3.17. The van der Waals surface area contributed by atoms with E-state index >= 15 is 0 Å². The summed E-state index contributed by atoms with van der Waals surface area (Å²) in [4.78, 5) is 13.3. The molecular weight excluding hydrogens is 390 g/mol. The van der Waals surface area contributed by atoms with Gasteiger partial charge in [0.15, 0.2) is 9.84 Å². The number of sulfone groups is 1. The summed E-state index contributed by atoms with van der Waals surface area (Å²) in [5, 5.41) is 4.24. The van der Waals surface area contributed by atoms with Crippen LogP contribution in [0.2, 0.25) is 5.02 Å². The van der Waals surface area contributed by atoms with Crippen LogP contribution in [0.25, 0.3) is 0 Å². The second kappa shape index (κ2) is 8.03.